The zero-order valence-electron chi connectivity index (χ0n) is 12.6. The summed E-state index contributed by atoms with van der Waals surface area (Å²) >= 11 is 0. The summed E-state index contributed by atoms with van der Waals surface area (Å²) in [6.07, 6.45) is 6.90. The third-order valence-corrected chi connectivity index (χ3v) is 4.29. The van der Waals surface area contributed by atoms with Gasteiger partial charge in [0.25, 0.3) is 0 Å². The molecule has 1 heterocycles. The van der Waals surface area contributed by atoms with Gasteiger partial charge in [-0.1, -0.05) is 33.6 Å². The second-order valence-corrected chi connectivity index (χ2v) is 6.73. The molecule has 102 valence electrons. The Morgan fingerprint density at radius 2 is 1.94 bits per heavy atom. The van der Waals surface area contributed by atoms with E-state index in [1.807, 2.05) is 0 Å². The standard InChI is InChI=1S/C15H32N2/c1-13-9-7-6-8-11-17(13)12-10-14(16-5)15(2,3)4/h13-14,16H,6-12H2,1-5H3. The minimum atomic E-state index is 0.365. The Balaban J connectivity index is 2.42. The van der Waals surface area contributed by atoms with Crippen molar-refractivity contribution in [1.29, 1.82) is 0 Å². The first-order chi connectivity index (χ1) is 7.95. The molecule has 2 unspecified atom stereocenters. The highest BCUT2D eigenvalue weighted by molar-refractivity contribution is 4.81. The zero-order chi connectivity index (χ0) is 12.9. The van der Waals surface area contributed by atoms with Crippen LogP contribution < -0.4 is 5.32 Å². The van der Waals surface area contributed by atoms with Gasteiger partial charge in [0.15, 0.2) is 0 Å². The maximum atomic E-state index is 3.49. The number of likely N-dealkylation sites (tertiary alicyclic amines) is 1. The van der Waals surface area contributed by atoms with Crippen molar-refractivity contribution < 1.29 is 0 Å². The van der Waals surface area contributed by atoms with E-state index in [2.05, 4.69) is 45.0 Å². The maximum absolute atomic E-state index is 3.49. The fourth-order valence-corrected chi connectivity index (χ4v) is 2.97. The molecule has 0 aromatic heterocycles. The van der Waals surface area contributed by atoms with Crippen LogP contribution in [-0.4, -0.2) is 37.1 Å². The summed E-state index contributed by atoms with van der Waals surface area (Å²) in [6, 6.07) is 1.41. The number of hydrogen-bond donors (Lipinski definition) is 1. The van der Waals surface area contributed by atoms with E-state index in [-0.39, 0.29) is 0 Å². The van der Waals surface area contributed by atoms with E-state index in [1.165, 1.54) is 45.2 Å². The van der Waals surface area contributed by atoms with Gasteiger partial charge >= 0.3 is 0 Å². The van der Waals surface area contributed by atoms with Gasteiger partial charge < -0.3 is 10.2 Å². The van der Waals surface area contributed by atoms with Crippen molar-refractivity contribution in [3.05, 3.63) is 0 Å². The van der Waals surface area contributed by atoms with Gasteiger partial charge in [0.1, 0.15) is 0 Å². The summed E-state index contributed by atoms with van der Waals surface area (Å²) in [5, 5.41) is 3.49. The molecule has 0 amide bonds. The van der Waals surface area contributed by atoms with E-state index in [1.54, 1.807) is 0 Å². The van der Waals surface area contributed by atoms with Crippen molar-refractivity contribution >= 4 is 0 Å². The van der Waals surface area contributed by atoms with E-state index < -0.39 is 0 Å². The summed E-state index contributed by atoms with van der Waals surface area (Å²) in [6.45, 7) is 12.0. The molecule has 0 radical (unpaired) electrons. The fourth-order valence-electron chi connectivity index (χ4n) is 2.97. The Kier molecular flexibility index (Phi) is 5.94. The third kappa shape index (κ3) is 4.97. The van der Waals surface area contributed by atoms with Crippen LogP contribution >= 0.6 is 0 Å². The van der Waals surface area contributed by atoms with Gasteiger partial charge in [-0.25, -0.2) is 0 Å². The lowest BCUT2D eigenvalue weighted by atomic mass is 9.84. The molecule has 1 aliphatic heterocycles. The highest BCUT2D eigenvalue weighted by Gasteiger charge is 2.24. The van der Waals surface area contributed by atoms with Crippen LogP contribution in [0.4, 0.5) is 0 Å². The Morgan fingerprint density at radius 1 is 1.24 bits per heavy atom. The molecule has 1 aliphatic rings. The van der Waals surface area contributed by atoms with Crippen molar-refractivity contribution in [2.45, 2.75) is 71.9 Å². The number of rotatable bonds is 4. The molecule has 0 aromatic rings. The normalized spacial score (nSPS) is 25.6. The van der Waals surface area contributed by atoms with Crippen LogP contribution in [0, 0.1) is 5.41 Å². The van der Waals surface area contributed by atoms with Gasteiger partial charge in [-0.15, -0.1) is 0 Å². The SMILES string of the molecule is CNC(CCN1CCCCCC1C)C(C)(C)C. The lowest BCUT2D eigenvalue weighted by Gasteiger charge is -2.34. The molecule has 2 nitrogen and oxygen atoms in total. The highest BCUT2D eigenvalue weighted by atomic mass is 15.1. The van der Waals surface area contributed by atoms with Crippen LogP contribution in [0.5, 0.6) is 0 Å². The molecule has 0 aliphatic carbocycles. The quantitative estimate of drug-likeness (QED) is 0.811. The molecule has 1 fully saturated rings. The monoisotopic (exact) mass is 240 g/mol. The predicted molar refractivity (Wildman–Crippen MR) is 76.4 cm³/mol. The second-order valence-electron chi connectivity index (χ2n) is 6.73. The summed E-state index contributed by atoms with van der Waals surface area (Å²) in [7, 11) is 2.10. The van der Waals surface area contributed by atoms with E-state index in [9.17, 15) is 0 Å². The largest absolute Gasteiger partial charge is 0.316 e. The van der Waals surface area contributed by atoms with Crippen molar-refractivity contribution in [3.63, 3.8) is 0 Å². The number of nitrogens with zero attached hydrogens (tertiary/aromatic N) is 1. The molecule has 2 atom stereocenters. The van der Waals surface area contributed by atoms with Crippen LogP contribution in [0.1, 0.15) is 59.8 Å². The lowest BCUT2D eigenvalue weighted by molar-refractivity contribution is 0.177. The van der Waals surface area contributed by atoms with Crippen molar-refractivity contribution in [1.82, 2.24) is 10.2 Å². The summed E-state index contributed by atoms with van der Waals surface area (Å²) in [5.41, 5.74) is 0.365. The van der Waals surface area contributed by atoms with Gasteiger partial charge in [-0.3, -0.25) is 0 Å². The van der Waals surface area contributed by atoms with Gasteiger partial charge in [0.05, 0.1) is 0 Å². The lowest BCUT2D eigenvalue weighted by Crippen LogP contribution is -2.42. The summed E-state index contributed by atoms with van der Waals surface area (Å²) < 4.78 is 0. The van der Waals surface area contributed by atoms with Gasteiger partial charge in [-0.05, 0) is 51.7 Å². The Bertz CT molecular complexity index is 207. The van der Waals surface area contributed by atoms with E-state index in [0.717, 1.165) is 6.04 Å². The van der Waals surface area contributed by atoms with E-state index >= 15 is 0 Å². The molecule has 1 rings (SSSR count). The van der Waals surface area contributed by atoms with Crippen LogP contribution in [0.2, 0.25) is 0 Å². The average molecular weight is 240 g/mol. The van der Waals surface area contributed by atoms with Crippen LogP contribution in [0.15, 0.2) is 0 Å². The molecular weight excluding hydrogens is 208 g/mol. The number of hydrogen-bond acceptors (Lipinski definition) is 2. The first-order valence-corrected chi connectivity index (χ1v) is 7.36. The van der Waals surface area contributed by atoms with Crippen molar-refractivity contribution in [3.8, 4) is 0 Å². The Morgan fingerprint density at radius 3 is 2.53 bits per heavy atom. The van der Waals surface area contributed by atoms with Crippen molar-refractivity contribution in [2.24, 2.45) is 5.41 Å². The topological polar surface area (TPSA) is 15.3 Å². The zero-order valence-corrected chi connectivity index (χ0v) is 12.6. The maximum Gasteiger partial charge on any atom is 0.0125 e. The first kappa shape index (κ1) is 15.0. The molecular formula is C15H32N2. The summed E-state index contributed by atoms with van der Waals surface area (Å²) in [4.78, 5) is 2.70. The molecule has 1 saturated heterocycles. The molecule has 0 aromatic carbocycles. The first-order valence-electron chi connectivity index (χ1n) is 7.36. The molecule has 0 saturated carbocycles. The van der Waals surface area contributed by atoms with Gasteiger partial charge in [0.2, 0.25) is 0 Å². The fraction of sp³-hybridized carbons (Fsp3) is 1.00. The Labute approximate surface area is 108 Å². The number of nitrogens with one attached hydrogen (secondary N) is 1. The van der Waals surface area contributed by atoms with Gasteiger partial charge in [-0.2, -0.15) is 0 Å². The predicted octanol–water partition coefficient (Wildman–Crippen LogP) is 3.28. The second kappa shape index (κ2) is 6.75. The average Bonchev–Trinajstić information content (AvgIpc) is 2.43. The molecule has 0 bridgehead atoms. The molecule has 2 heteroatoms. The minimum absolute atomic E-state index is 0.365. The third-order valence-electron chi connectivity index (χ3n) is 4.29. The minimum Gasteiger partial charge on any atom is -0.316 e. The highest BCUT2D eigenvalue weighted by Crippen LogP contribution is 2.23. The summed E-state index contributed by atoms with van der Waals surface area (Å²) in [5.74, 6) is 0. The van der Waals surface area contributed by atoms with E-state index in [0.29, 0.717) is 11.5 Å². The van der Waals surface area contributed by atoms with Crippen LogP contribution in [-0.2, 0) is 0 Å². The van der Waals surface area contributed by atoms with Gasteiger partial charge in [0, 0.05) is 12.1 Å². The Hall–Kier alpha value is -0.0800. The molecule has 1 N–H and O–H groups in total. The smallest absolute Gasteiger partial charge is 0.0125 e. The van der Waals surface area contributed by atoms with Crippen LogP contribution in [0.3, 0.4) is 0 Å². The van der Waals surface area contributed by atoms with Crippen molar-refractivity contribution in [2.75, 3.05) is 20.1 Å². The van der Waals surface area contributed by atoms with Crippen LogP contribution in [0.25, 0.3) is 0 Å². The molecule has 0 spiro atoms. The van der Waals surface area contributed by atoms with E-state index in [4.69, 9.17) is 0 Å². The molecule has 17 heavy (non-hydrogen) atoms.